The van der Waals surface area contributed by atoms with Gasteiger partial charge in [-0.25, -0.2) is 0 Å². The molecule has 5 nitrogen and oxygen atoms in total. The van der Waals surface area contributed by atoms with Gasteiger partial charge in [0, 0.05) is 17.8 Å². The first kappa shape index (κ1) is 15.1. The van der Waals surface area contributed by atoms with Crippen LogP contribution in [0.1, 0.15) is 28.7 Å². The van der Waals surface area contributed by atoms with E-state index in [4.69, 9.17) is 9.47 Å². The Hall–Kier alpha value is -2.30. The van der Waals surface area contributed by atoms with Gasteiger partial charge in [0.1, 0.15) is 0 Å². The van der Waals surface area contributed by atoms with Crippen molar-refractivity contribution in [3.05, 3.63) is 41.2 Å². The number of aryl methyl sites for hydroxylation is 2. The molecule has 1 aromatic heterocycles. The van der Waals surface area contributed by atoms with Crippen LogP contribution in [0.25, 0.3) is 0 Å². The summed E-state index contributed by atoms with van der Waals surface area (Å²) in [7, 11) is 3.13. The van der Waals surface area contributed by atoms with Crippen molar-refractivity contribution in [2.24, 2.45) is 0 Å². The second-order valence-electron chi connectivity index (χ2n) is 4.76. The van der Waals surface area contributed by atoms with E-state index >= 15 is 0 Å². The molecule has 0 bridgehead atoms. The summed E-state index contributed by atoms with van der Waals surface area (Å²) >= 11 is 0. The zero-order valence-electron chi connectivity index (χ0n) is 12.8. The second kappa shape index (κ2) is 6.43. The van der Waals surface area contributed by atoms with Gasteiger partial charge in [0.05, 0.1) is 26.3 Å². The van der Waals surface area contributed by atoms with Crippen LogP contribution in [-0.4, -0.2) is 29.8 Å². The summed E-state index contributed by atoms with van der Waals surface area (Å²) in [6.45, 7) is 4.69. The van der Waals surface area contributed by atoms with E-state index in [1.165, 1.54) is 0 Å². The molecule has 0 radical (unpaired) electrons. The molecule has 0 N–H and O–H groups in total. The molecular weight excluding hydrogens is 268 g/mol. The van der Waals surface area contributed by atoms with Crippen molar-refractivity contribution in [3.8, 4) is 11.5 Å². The smallest absolute Gasteiger partial charge is 0.168 e. The summed E-state index contributed by atoms with van der Waals surface area (Å²) in [5.41, 5.74) is 2.45. The van der Waals surface area contributed by atoms with E-state index in [1.54, 1.807) is 32.4 Å². The number of methoxy groups -OCH3 is 2. The quantitative estimate of drug-likeness (QED) is 0.767. The van der Waals surface area contributed by atoms with Crippen LogP contribution in [0, 0.1) is 6.92 Å². The van der Waals surface area contributed by atoms with Crippen molar-refractivity contribution >= 4 is 5.78 Å². The normalized spacial score (nSPS) is 10.5. The van der Waals surface area contributed by atoms with Crippen LogP contribution in [-0.2, 0) is 13.0 Å². The Kier molecular flexibility index (Phi) is 4.62. The highest BCUT2D eigenvalue weighted by atomic mass is 16.5. The van der Waals surface area contributed by atoms with Gasteiger partial charge in [0.25, 0.3) is 0 Å². The molecule has 0 aliphatic carbocycles. The zero-order chi connectivity index (χ0) is 15.4. The molecule has 0 aliphatic rings. The zero-order valence-corrected chi connectivity index (χ0v) is 12.8. The largest absolute Gasteiger partial charge is 0.493 e. The van der Waals surface area contributed by atoms with Crippen LogP contribution >= 0.6 is 0 Å². The molecule has 0 amide bonds. The van der Waals surface area contributed by atoms with E-state index in [2.05, 4.69) is 5.10 Å². The summed E-state index contributed by atoms with van der Waals surface area (Å²) in [5, 5.41) is 4.36. The first-order valence-corrected chi connectivity index (χ1v) is 6.87. The lowest BCUT2D eigenvalue weighted by Gasteiger charge is -2.09. The van der Waals surface area contributed by atoms with E-state index < -0.39 is 0 Å². The third-order valence-electron chi connectivity index (χ3n) is 3.33. The van der Waals surface area contributed by atoms with Gasteiger partial charge < -0.3 is 9.47 Å². The molecule has 5 heteroatoms. The van der Waals surface area contributed by atoms with Gasteiger partial charge >= 0.3 is 0 Å². The fourth-order valence-electron chi connectivity index (χ4n) is 2.29. The predicted octanol–water partition coefficient (Wildman–Crippen LogP) is 2.65. The van der Waals surface area contributed by atoms with Crippen molar-refractivity contribution in [1.82, 2.24) is 9.78 Å². The minimum atomic E-state index is 0.0329. The standard InChI is InChI=1S/C16H20N2O3/c1-5-18-13(8-11(2)17-18)10-14(19)12-6-7-15(20-3)16(9-12)21-4/h6-9H,5,10H2,1-4H3. The average molecular weight is 288 g/mol. The van der Waals surface area contributed by atoms with E-state index in [9.17, 15) is 4.79 Å². The lowest BCUT2D eigenvalue weighted by Crippen LogP contribution is -2.10. The van der Waals surface area contributed by atoms with Crippen molar-refractivity contribution in [1.29, 1.82) is 0 Å². The van der Waals surface area contributed by atoms with Gasteiger partial charge in [-0.05, 0) is 38.1 Å². The Bertz CT molecular complexity index is 647. The molecule has 2 rings (SSSR count). The van der Waals surface area contributed by atoms with Gasteiger partial charge in [-0.15, -0.1) is 0 Å². The van der Waals surface area contributed by atoms with Gasteiger partial charge in [-0.3, -0.25) is 9.48 Å². The molecule has 0 saturated carbocycles. The Balaban J connectivity index is 2.24. The predicted molar refractivity (Wildman–Crippen MR) is 80.2 cm³/mol. The lowest BCUT2D eigenvalue weighted by molar-refractivity contribution is 0.0990. The Morgan fingerprint density at radius 2 is 1.90 bits per heavy atom. The first-order valence-electron chi connectivity index (χ1n) is 6.87. The molecule has 0 unspecified atom stereocenters. The minimum absolute atomic E-state index is 0.0329. The third-order valence-corrected chi connectivity index (χ3v) is 3.33. The Morgan fingerprint density at radius 3 is 2.52 bits per heavy atom. The highest BCUT2D eigenvalue weighted by Gasteiger charge is 2.14. The highest BCUT2D eigenvalue weighted by Crippen LogP contribution is 2.28. The topological polar surface area (TPSA) is 53.4 Å². The third kappa shape index (κ3) is 3.24. The highest BCUT2D eigenvalue weighted by molar-refractivity contribution is 5.97. The SMILES string of the molecule is CCn1nc(C)cc1CC(=O)c1ccc(OC)c(OC)c1. The van der Waals surface area contributed by atoms with Crippen LogP contribution in [0.3, 0.4) is 0 Å². The van der Waals surface area contributed by atoms with Crippen molar-refractivity contribution < 1.29 is 14.3 Å². The molecule has 0 saturated heterocycles. The Labute approximate surface area is 124 Å². The number of rotatable bonds is 6. The lowest BCUT2D eigenvalue weighted by atomic mass is 10.1. The van der Waals surface area contributed by atoms with E-state index in [1.807, 2.05) is 24.6 Å². The van der Waals surface area contributed by atoms with Crippen LogP contribution in [0.4, 0.5) is 0 Å². The fourth-order valence-corrected chi connectivity index (χ4v) is 2.29. The summed E-state index contributed by atoms with van der Waals surface area (Å²) in [6.07, 6.45) is 0.324. The Morgan fingerprint density at radius 1 is 1.19 bits per heavy atom. The van der Waals surface area contributed by atoms with Gasteiger partial charge in [0.15, 0.2) is 17.3 Å². The number of aromatic nitrogens is 2. The molecule has 112 valence electrons. The molecule has 0 aliphatic heterocycles. The van der Waals surface area contributed by atoms with Gasteiger partial charge in [-0.2, -0.15) is 5.10 Å². The summed E-state index contributed by atoms with van der Waals surface area (Å²) in [6, 6.07) is 7.15. The molecule has 2 aromatic rings. The van der Waals surface area contributed by atoms with Crippen LogP contribution in [0.5, 0.6) is 11.5 Å². The van der Waals surface area contributed by atoms with Gasteiger partial charge in [-0.1, -0.05) is 0 Å². The number of ether oxygens (including phenoxy) is 2. The van der Waals surface area contributed by atoms with Crippen LogP contribution in [0.2, 0.25) is 0 Å². The van der Waals surface area contributed by atoms with Gasteiger partial charge in [0.2, 0.25) is 0 Å². The number of hydrogen-bond acceptors (Lipinski definition) is 4. The van der Waals surface area contributed by atoms with E-state index in [-0.39, 0.29) is 5.78 Å². The van der Waals surface area contributed by atoms with Crippen molar-refractivity contribution in [3.63, 3.8) is 0 Å². The summed E-state index contributed by atoms with van der Waals surface area (Å²) < 4.78 is 12.3. The maximum atomic E-state index is 12.4. The minimum Gasteiger partial charge on any atom is -0.493 e. The average Bonchev–Trinajstić information content (AvgIpc) is 2.86. The molecular formula is C16H20N2O3. The molecule has 1 heterocycles. The van der Waals surface area contributed by atoms with Crippen molar-refractivity contribution in [2.75, 3.05) is 14.2 Å². The number of benzene rings is 1. The number of carbonyl (C=O) groups is 1. The van der Waals surface area contributed by atoms with Crippen LogP contribution in [0.15, 0.2) is 24.3 Å². The summed E-state index contributed by atoms with van der Waals surface area (Å²) in [5.74, 6) is 1.21. The number of nitrogens with zero attached hydrogens (tertiary/aromatic N) is 2. The fraction of sp³-hybridized carbons (Fsp3) is 0.375. The van der Waals surface area contributed by atoms with E-state index in [0.29, 0.717) is 23.5 Å². The maximum absolute atomic E-state index is 12.4. The van der Waals surface area contributed by atoms with Crippen LogP contribution < -0.4 is 9.47 Å². The number of hydrogen-bond donors (Lipinski definition) is 0. The molecule has 0 fully saturated rings. The maximum Gasteiger partial charge on any atom is 0.168 e. The molecule has 0 spiro atoms. The van der Waals surface area contributed by atoms with E-state index in [0.717, 1.165) is 17.9 Å². The number of carbonyl (C=O) groups excluding carboxylic acids is 1. The molecule has 21 heavy (non-hydrogen) atoms. The van der Waals surface area contributed by atoms with Crippen molar-refractivity contribution in [2.45, 2.75) is 26.8 Å². The first-order chi connectivity index (χ1) is 10.1. The second-order valence-corrected chi connectivity index (χ2v) is 4.76. The monoisotopic (exact) mass is 288 g/mol. The number of Topliss-reactive ketones (excluding diaryl/α,β-unsaturated/α-hetero) is 1. The summed E-state index contributed by atoms with van der Waals surface area (Å²) in [4.78, 5) is 12.4. The molecule has 0 atom stereocenters. The molecule has 1 aromatic carbocycles. The number of ketones is 1.